The molecule has 1 heterocycles. The molecule has 0 spiro atoms. The van der Waals surface area contributed by atoms with Crippen LogP contribution in [0.25, 0.3) is 0 Å². The Bertz CT molecular complexity index is 733. The number of carboxylic acid groups (broad SMARTS) is 1. The van der Waals surface area contributed by atoms with Crippen LogP contribution in [-0.2, 0) is 15.8 Å². The van der Waals surface area contributed by atoms with E-state index in [9.17, 15) is 32.7 Å². The van der Waals surface area contributed by atoms with Gasteiger partial charge in [0.05, 0.1) is 11.5 Å². The third-order valence-electron chi connectivity index (χ3n) is 4.39. The van der Waals surface area contributed by atoms with Gasteiger partial charge in [0.15, 0.2) is 0 Å². The molecule has 9 heteroatoms. The lowest BCUT2D eigenvalue weighted by Gasteiger charge is -2.37. The van der Waals surface area contributed by atoms with Crippen molar-refractivity contribution < 1.29 is 32.7 Å². The van der Waals surface area contributed by atoms with Crippen molar-refractivity contribution in [3.63, 3.8) is 0 Å². The molecule has 1 aliphatic heterocycles. The minimum Gasteiger partial charge on any atom is -0.481 e. The molecule has 0 aliphatic carbocycles. The van der Waals surface area contributed by atoms with Crippen molar-refractivity contribution in [3.05, 3.63) is 29.3 Å². The molecule has 1 aromatic rings. The second-order valence-electron chi connectivity index (χ2n) is 6.30. The Morgan fingerprint density at radius 1 is 1.23 bits per heavy atom. The van der Waals surface area contributed by atoms with Crippen LogP contribution in [0.3, 0.4) is 0 Å². The molecule has 2 amide bonds. The van der Waals surface area contributed by atoms with Gasteiger partial charge in [-0.25, -0.2) is 0 Å². The Kier molecular flexibility index (Phi) is 5.58. The first-order valence-electron chi connectivity index (χ1n) is 8.04. The maximum Gasteiger partial charge on any atom is 0.416 e. The van der Waals surface area contributed by atoms with E-state index in [0.717, 1.165) is 19.1 Å². The monoisotopic (exact) mass is 372 g/mol. The van der Waals surface area contributed by atoms with Crippen LogP contribution in [0.1, 0.15) is 42.6 Å². The van der Waals surface area contributed by atoms with E-state index in [2.05, 4.69) is 5.32 Å². The van der Waals surface area contributed by atoms with Crippen LogP contribution in [0.15, 0.2) is 18.2 Å². The smallest absolute Gasteiger partial charge is 0.416 e. The first kappa shape index (κ1) is 19.7. The van der Waals surface area contributed by atoms with E-state index in [1.807, 2.05) is 0 Å². The first-order chi connectivity index (χ1) is 12.0. The van der Waals surface area contributed by atoms with Gasteiger partial charge in [-0.3, -0.25) is 14.4 Å². The van der Waals surface area contributed by atoms with Gasteiger partial charge < -0.3 is 15.3 Å². The largest absolute Gasteiger partial charge is 0.481 e. The number of aliphatic carboxylic acids is 1. The fourth-order valence-electron chi connectivity index (χ4n) is 3.12. The minimum absolute atomic E-state index is 0.143. The minimum atomic E-state index is -4.69. The number of hydrogen-bond donors (Lipinski definition) is 2. The highest BCUT2D eigenvalue weighted by Crippen LogP contribution is 2.33. The number of carboxylic acids is 1. The summed E-state index contributed by atoms with van der Waals surface area (Å²) in [6.45, 7) is 2.97. The number of halogens is 3. The number of alkyl halides is 3. The molecule has 6 nitrogen and oxygen atoms in total. The maximum absolute atomic E-state index is 13.1. The molecule has 2 N–H and O–H groups in total. The SMILES string of the molecule is CC(=O)Nc1cc(C(=O)N2CCC[C@@H](C(=O)O)[C@H]2C)cc(C(F)(F)F)c1. The molecule has 26 heavy (non-hydrogen) atoms. The number of rotatable bonds is 3. The average molecular weight is 372 g/mol. The van der Waals surface area contributed by atoms with Crippen LogP contribution in [0.2, 0.25) is 0 Å². The van der Waals surface area contributed by atoms with Gasteiger partial charge in [0.25, 0.3) is 5.91 Å². The van der Waals surface area contributed by atoms with Crippen LogP contribution in [0, 0.1) is 5.92 Å². The predicted molar refractivity (Wildman–Crippen MR) is 86.6 cm³/mol. The number of carbonyl (C=O) groups excluding carboxylic acids is 2. The van der Waals surface area contributed by atoms with E-state index < -0.39 is 41.5 Å². The molecule has 0 radical (unpaired) electrons. The lowest BCUT2D eigenvalue weighted by Crippen LogP contribution is -2.49. The van der Waals surface area contributed by atoms with Crippen LogP contribution < -0.4 is 5.32 Å². The van der Waals surface area contributed by atoms with E-state index in [1.165, 1.54) is 4.90 Å². The highest BCUT2D eigenvalue weighted by atomic mass is 19.4. The van der Waals surface area contributed by atoms with Crippen molar-refractivity contribution in [2.45, 2.75) is 38.9 Å². The van der Waals surface area contributed by atoms with Gasteiger partial charge in [0.1, 0.15) is 0 Å². The second-order valence-corrected chi connectivity index (χ2v) is 6.30. The Morgan fingerprint density at radius 2 is 1.88 bits per heavy atom. The molecule has 1 aliphatic rings. The molecular weight excluding hydrogens is 353 g/mol. The van der Waals surface area contributed by atoms with E-state index in [4.69, 9.17) is 0 Å². The molecule has 0 saturated carbocycles. The summed E-state index contributed by atoms with van der Waals surface area (Å²) < 4.78 is 39.4. The number of anilines is 1. The van der Waals surface area contributed by atoms with Crippen molar-refractivity contribution in [2.75, 3.05) is 11.9 Å². The standard InChI is InChI=1S/C17H19F3N2O4/c1-9-14(16(25)26)4-3-5-22(9)15(24)11-6-12(17(18,19)20)8-13(7-11)21-10(2)23/h6-9,14H,3-5H2,1-2H3,(H,21,23)(H,25,26)/t9-,14-/m1/s1. The van der Waals surface area contributed by atoms with E-state index in [1.54, 1.807) is 6.92 Å². The highest BCUT2D eigenvalue weighted by Gasteiger charge is 2.37. The van der Waals surface area contributed by atoms with Crippen LogP contribution in [0.5, 0.6) is 0 Å². The number of carbonyl (C=O) groups is 3. The molecule has 0 unspecified atom stereocenters. The van der Waals surface area contributed by atoms with Crippen molar-refractivity contribution >= 4 is 23.5 Å². The Balaban J connectivity index is 2.40. The van der Waals surface area contributed by atoms with Gasteiger partial charge >= 0.3 is 12.1 Å². The lowest BCUT2D eigenvalue weighted by molar-refractivity contribution is -0.145. The molecule has 1 saturated heterocycles. The quantitative estimate of drug-likeness (QED) is 0.854. The molecule has 2 atom stereocenters. The van der Waals surface area contributed by atoms with E-state index >= 15 is 0 Å². The van der Waals surface area contributed by atoms with Crippen LogP contribution >= 0.6 is 0 Å². The summed E-state index contributed by atoms with van der Waals surface area (Å²) in [5.74, 6) is -3.08. The number of benzene rings is 1. The molecule has 1 fully saturated rings. The summed E-state index contributed by atoms with van der Waals surface area (Å²) in [6.07, 6.45) is -3.84. The predicted octanol–water partition coefficient (Wildman–Crippen LogP) is 2.99. The number of amides is 2. The topological polar surface area (TPSA) is 86.7 Å². The lowest BCUT2D eigenvalue weighted by atomic mass is 9.89. The molecule has 2 rings (SSSR count). The number of nitrogens with one attached hydrogen (secondary N) is 1. The van der Waals surface area contributed by atoms with Crippen molar-refractivity contribution in [2.24, 2.45) is 5.92 Å². The summed E-state index contributed by atoms with van der Waals surface area (Å²) in [6, 6.07) is 1.98. The van der Waals surface area contributed by atoms with Crippen LogP contribution in [0.4, 0.5) is 18.9 Å². The van der Waals surface area contributed by atoms with E-state index in [-0.39, 0.29) is 17.8 Å². The molecule has 0 aromatic heterocycles. The van der Waals surface area contributed by atoms with Gasteiger partial charge in [-0.2, -0.15) is 13.2 Å². The van der Waals surface area contributed by atoms with Gasteiger partial charge in [-0.1, -0.05) is 0 Å². The fourth-order valence-corrected chi connectivity index (χ4v) is 3.12. The van der Waals surface area contributed by atoms with Crippen molar-refractivity contribution in [3.8, 4) is 0 Å². The zero-order valence-corrected chi connectivity index (χ0v) is 14.3. The third kappa shape index (κ3) is 4.33. The summed E-state index contributed by atoms with van der Waals surface area (Å²) in [5, 5.41) is 11.5. The molecule has 1 aromatic carbocycles. The fraction of sp³-hybridized carbons (Fsp3) is 0.471. The molecule has 142 valence electrons. The summed E-state index contributed by atoms with van der Waals surface area (Å²) in [5.41, 5.74) is -1.46. The van der Waals surface area contributed by atoms with Gasteiger partial charge in [-0.05, 0) is 38.0 Å². The number of likely N-dealkylation sites (tertiary alicyclic amines) is 1. The first-order valence-corrected chi connectivity index (χ1v) is 8.04. The van der Waals surface area contributed by atoms with Crippen LogP contribution in [-0.4, -0.2) is 40.4 Å². The van der Waals surface area contributed by atoms with Crippen molar-refractivity contribution in [1.29, 1.82) is 0 Å². The Labute approximate surface area is 148 Å². The third-order valence-corrected chi connectivity index (χ3v) is 4.39. The number of hydrogen-bond acceptors (Lipinski definition) is 3. The number of nitrogens with zero attached hydrogens (tertiary/aromatic N) is 1. The maximum atomic E-state index is 13.1. The summed E-state index contributed by atoms with van der Waals surface area (Å²) in [7, 11) is 0. The summed E-state index contributed by atoms with van der Waals surface area (Å²) >= 11 is 0. The van der Waals surface area contributed by atoms with Gasteiger partial charge in [0.2, 0.25) is 5.91 Å². The average Bonchev–Trinajstić information content (AvgIpc) is 2.52. The van der Waals surface area contributed by atoms with Gasteiger partial charge in [0, 0.05) is 30.8 Å². The molecule has 0 bridgehead atoms. The van der Waals surface area contributed by atoms with Crippen molar-refractivity contribution in [1.82, 2.24) is 4.90 Å². The molecular formula is C17H19F3N2O4. The van der Waals surface area contributed by atoms with E-state index in [0.29, 0.717) is 18.9 Å². The van der Waals surface area contributed by atoms with Gasteiger partial charge in [-0.15, -0.1) is 0 Å². The zero-order chi connectivity index (χ0) is 19.6. The zero-order valence-electron chi connectivity index (χ0n) is 14.3. The Morgan fingerprint density at radius 3 is 2.42 bits per heavy atom. The highest BCUT2D eigenvalue weighted by molar-refractivity contribution is 5.97. The Hall–Kier alpha value is -2.58. The second kappa shape index (κ2) is 7.35. The number of piperidine rings is 1. The summed E-state index contributed by atoms with van der Waals surface area (Å²) in [4.78, 5) is 36.5. The normalized spacial score (nSPS) is 20.6.